The number of nitrogens with zero attached hydrogens (tertiary/aromatic N) is 3. The molecule has 0 radical (unpaired) electrons. The second kappa shape index (κ2) is 8.29. The molecule has 0 bridgehead atoms. The zero-order chi connectivity index (χ0) is 21.2. The highest BCUT2D eigenvalue weighted by Crippen LogP contribution is 2.40. The van der Waals surface area contributed by atoms with E-state index >= 15 is 0 Å². The normalized spacial score (nSPS) is 11.8. The van der Waals surface area contributed by atoms with E-state index in [1.807, 2.05) is 0 Å². The predicted octanol–water partition coefficient (Wildman–Crippen LogP) is 4.31. The van der Waals surface area contributed by atoms with Crippen LogP contribution in [0.25, 0.3) is 10.9 Å². The van der Waals surface area contributed by atoms with Gasteiger partial charge in [-0.25, -0.2) is 13.6 Å². The van der Waals surface area contributed by atoms with Gasteiger partial charge in [-0.05, 0) is 42.5 Å². The quantitative estimate of drug-likeness (QED) is 0.304. The highest BCUT2D eigenvalue weighted by atomic mass is 35.5. The third-order valence-electron chi connectivity index (χ3n) is 3.96. The second-order valence-corrected chi connectivity index (χ2v) is 8.26. The van der Waals surface area contributed by atoms with E-state index in [2.05, 4.69) is 22.1 Å². The summed E-state index contributed by atoms with van der Waals surface area (Å²) < 4.78 is 25.0. The summed E-state index contributed by atoms with van der Waals surface area (Å²) in [7, 11) is -3.95. The first kappa shape index (κ1) is 20.9. The van der Waals surface area contributed by atoms with Crippen LogP contribution in [-0.4, -0.2) is 23.2 Å². The Bertz CT molecular complexity index is 1250. The number of thiocarbonyl (C=S) groups is 1. The number of fused-ring (bicyclic) bond motifs is 1. The molecule has 0 spiro atoms. The summed E-state index contributed by atoms with van der Waals surface area (Å²) in [5, 5.41) is 27.3. The zero-order valence-corrected chi connectivity index (χ0v) is 17.3. The van der Waals surface area contributed by atoms with Crippen molar-refractivity contribution in [2.24, 2.45) is 15.4 Å². The third kappa shape index (κ3) is 4.46. The van der Waals surface area contributed by atoms with Gasteiger partial charge in [0.25, 0.3) is 0 Å². The summed E-state index contributed by atoms with van der Waals surface area (Å²) in [5.41, 5.74) is 1.03. The van der Waals surface area contributed by atoms with Crippen molar-refractivity contribution in [2.75, 3.05) is 5.32 Å². The molecule has 1 aromatic heterocycles. The number of para-hydroxylation sites is 1. The molecule has 4 N–H and O–H groups in total. The van der Waals surface area contributed by atoms with Gasteiger partial charge in [-0.15, -0.1) is 16.8 Å². The molecule has 3 rings (SSSR count). The number of hydrogen-bond donors (Lipinski definition) is 3. The van der Waals surface area contributed by atoms with Gasteiger partial charge in [0, 0.05) is 17.0 Å². The van der Waals surface area contributed by atoms with Gasteiger partial charge < -0.3 is 15.0 Å². The minimum absolute atomic E-state index is 0.118. The highest BCUT2D eigenvalue weighted by Gasteiger charge is 2.17. The number of nitrogens with two attached hydrogens (primary N) is 1. The van der Waals surface area contributed by atoms with Crippen molar-refractivity contribution in [3.63, 3.8) is 0 Å². The van der Waals surface area contributed by atoms with E-state index in [-0.39, 0.29) is 27.3 Å². The molecule has 1 heterocycles. The Labute approximate surface area is 177 Å². The molecule has 0 aliphatic carbocycles. The molecule has 0 atom stereocenters. The lowest BCUT2D eigenvalue weighted by Gasteiger charge is -2.08. The Morgan fingerprint density at radius 3 is 2.76 bits per heavy atom. The van der Waals surface area contributed by atoms with Crippen LogP contribution in [0.4, 0.5) is 11.4 Å². The number of aromatic hydroxyl groups is 1. The summed E-state index contributed by atoms with van der Waals surface area (Å²) in [5.74, 6) is -0.126. The van der Waals surface area contributed by atoms with Gasteiger partial charge in [0.2, 0.25) is 21.0 Å². The number of aromatic nitrogens is 1. The Morgan fingerprint density at radius 1 is 1.34 bits per heavy atom. The molecule has 0 fully saturated rings. The molecule has 29 heavy (non-hydrogen) atoms. The van der Waals surface area contributed by atoms with Crippen LogP contribution in [0.3, 0.4) is 0 Å². The molecule has 150 valence electrons. The first-order valence-electron chi connectivity index (χ1n) is 8.18. The van der Waals surface area contributed by atoms with Crippen molar-refractivity contribution >= 4 is 61.2 Å². The van der Waals surface area contributed by atoms with E-state index in [1.54, 1.807) is 34.9 Å². The number of benzene rings is 2. The number of rotatable bonds is 5. The SMILES string of the molecule is C=CCn1c(O)c(N=NC(=S)Nc2ccccc2S(N)(=O)=O)c2cc(Cl)ccc21. The van der Waals surface area contributed by atoms with E-state index in [1.165, 1.54) is 18.2 Å². The van der Waals surface area contributed by atoms with Gasteiger partial charge in [0.05, 0.1) is 11.2 Å². The fraction of sp³-hybridized carbons (Fsp3) is 0.0556. The van der Waals surface area contributed by atoms with Crippen LogP contribution in [0, 0.1) is 0 Å². The van der Waals surface area contributed by atoms with Crippen molar-refractivity contribution in [2.45, 2.75) is 11.4 Å². The molecule has 0 saturated heterocycles. The van der Waals surface area contributed by atoms with Crippen molar-refractivity contribution in [1.82, 2.24) is 4.57 Å². The average Bonchev–Trinajstić information content (AvgIpc) is 2.91. The predicted molar refractivity (Wildman–Crippen MR) is 117 cm³/mol. The van der Waals surface area contributed by atoms with Gasteiger partial charge >= 0.3 is 0 Å². The third-order valence-corrected chi connectivity index (χ3v) is 5.35. The van der Waals surface area contributed by atoms with Crippen LogP contribution < -0.4 is 10.5 Å². The number of primary sulfonamides is 1. The fourth-order valence-electron chi connectivity index (χ4n) is 2.76. The Hall–Kier alpha value is -2.79. The van der Waals surface area contributed by atoms with E-state index in [0.717, 1.165) is 0 Å². The van der Waals surface area contributed by atoms with Crippen LogP contribution in [0.15, 0.2) is 70.2 Å². The van der Waals surface area contributed by atoms with E-state index in [0.29, 0.717) is 22.5 Å². The van der Waals surface area contributed by atoms with Crippen LogP contribution in [0.2, 0.25) is 5.02 Å². The lowest BCUT2D eigenvalue weighted by Crippen LogP contribution is -2.16. The van der Waals surface area contributed by atoms with E-state index in [4.69, 9.17) is 29.0 Å². The van der Waals surface area contributed by atoms with Crippen LogP contribution >= 0.6 is 23.8 Å². The topological polar surface area (TPSA) is 122 Å². The summed E-state index contributed by atoms with van der Waals surface area (Å²) in [4.78, 5) is -0.130. The lowest BCUT2D eigenvalue weighted by atomic mass is 10.2. The number of halogens is 1. The number of sulfonamides is 1. The summed E-state index contributed by atoms with van der Waals surface area (Å²) in [6, 6.07) is 11.1. The van der Waals surface area contributed by atoms with E-state index in [9.17, 15) is 13.5 Å². The molecule has 0 unspecified atom stereocenters. The first-order chi connectivity index (χ1) is 13.7. The van der Waals surface area contributed by atoms with Crippen LogP contribution in [0.1, 0.15) is 0 Å². The van der Waals surface area contributed by atoms with Crippen molar-refractivity contribution in [3.8, 4) is 5.88 Å². The zero-order valence-electron chi connectivity index (χ0n) is 14.9. The largest absolute Gasteiger partial charge is 0.493 e. The Morgan fingerprint density at radius 2 is 2.07 bits per heavy atom. The fourth-order valence-corrected chi connectivity index (χ4v) is 3.78. The standard InChI is InChI=1S/C18H16ClN5O3S2/c1-2-9-24-14-8-7-11(19)10-12(14)16(17(24)25)22-23-18(28)21-13-5-3-4-6-15(13)29(20,26)27/h2-8,10,25H,1,9H2,(H,21,28)(H2,20,26,27). The van der Waals surface area contributed by atoms with Gasteiger partial charge in [0.1, 0.15) is 4.90 Å². The van der Waals surface area contributed by atoms with Crippen molar-refractivity contribution in [1.29, 1.82) is 0 Å². The molecular formula is C18H16ClN5O3S2. The average molecular weight is 450 g/mol. The monoisotopic (exact) mass is 449 g/mol. The van der Waals surface area contributed by atoms with Gasteiger partial charge in [-0.1, -0.05) is 29.8 Å². The molecule has 0 aliphatic rings. The van der Waals surface area contributed by atoms with Gasteiger partial charge in [0.15, 0.2) is 5.69 Å². The number of anilines is 1. The van der Waals surface area contributed by atoms with Crippen molar-refractivity contribution in [3.05, 3.63) is 60.1 Å². The summed E-state index contributed by atoms with van der Waals surface area (Å²) in [6.07, 6.45) is 1.63. The van der Waals surface area contributed by atoms with Gasteiger partial charge in [-0.2, -0.15) is 0 Å². The van der Waals surface area contributed by atoms with E-state index < -0.39 is 10.0 Å². The molecule has 0 saturated carbocycles. The Balaban J connectivity index is 1.96. The summed E-state index contributed by atoms with van der Waals surface area (Å²) >= 11 is 11.2. The maximum Gasteiger partial charge on any atom is 0.240 e. The summed E-state index contributed by atoms with van der Waals surface area (Å²) in [6.45, 7) is 4.03. The molecule has 3 aromatic rings. The van der Waals surface area contributed by atoms with Crippen LogP contribution in [-0.2, 0) is 16.6 Å². The minimum Gasteiger partial charge on any atom is -0.493 e. The number of hydrogen-bond acceptors (Lipinski definition) is 5. The van der Waals surface area contributed by atoms with Crippen LogP contribution in [0.5, 0.6) is 5.88 Å². The first-order valence-corrected chi connectivity index (χ1v) is 10.5. The molecule has 8 nitrogen and oxygen atoms in total. The molecule has 0 amide bonds. The number of allylic oxidation sites excluding steroid dienone is 1. The molecule has 11 heteroatoms. The van der Waals surface area contributed by atoms with Crippen molar-refractivity contribution < 1.29 is 13.5 Å². The molecule has 2 aromatic carbocycles. The number of azo groups is 1. The lowest BCUT2D eigenvalue weighted by molar-refractivity contribution is 0.431. The maximum atomic E-state index is 11.7. The Kier molecular flexibility index (Phi) is 5.99. The second-order valence-electron chi connectivity index (χ2n) is 5.90. The minimum atomic E-state index is -3.95. The highest BCUT2D eigenvalue weighted by molar-refractivity contribution is 7.89. The van der Waals surface area contributed by atoms with Gasteiger partial charge in [-0.3, -0.25) is 0 Å². The number of nitrogens with one attached hydrogen (secondary N) is 1. The maximum absolute atomic E-state index is 11.7. The smallest absolute Gasteiger partial charge is 0.240 e. The molecular weight excluding hydrogens is 434 g/mol. The molecule has 0 aliphatic heterocycles.